The van der Waals surface area contributed by atoms with Gasteiger partial charge >= 0.3 is 13.9 Å². The largest absolute Gasteiger partial charge is 0.472 e. The fourth-order valence-corrected chi connectivity index (χ4v) is 3.68. The van der Waals surface area contributed by atoms with Crippen LogP contribution in [0.1, 0.15) is 63.7 Å². The Hall–Kier alpha value is -3.51. The Balaban J connectivity index is 1.74. The number of aromatic amines is 1. The lowest BCUT2D eigenvalue weighted by molar-refractivity contribution is 0.0193. The molecule has 1 aliphatic rings. The predicted molar refractivity (Wildman–Crippen MR) is 133 cm³/mol. The highest BCUT2D eigenvalue weighted by molar-refractivity contribution is 7.46. The fraction of sp³-hybridized carbons (Fsp3) is 0.391. The molecule has 1 saturated carbocycles. The number of hydrogen-bond donors (Lipinski definition) is 6. The van der Waals surface area contributed by atoms with E-state index in [1.165, 1.54) is 6.20 Å². The van der Waals surface area contributed by atoms with E-state index in [1.807, 2.05) is 13.8 Å². The zero-order valence-corrected chi connectivity index (χ0v) is 21.6. The number of H-pyrrole nitrogens is 1. The summed E-state index contributed by atoms with van der Waals surface area (Å²) in [7, 11) is -4.84. The van der Waals surface area contributed by atoms with Crippen molar-refractivity contribution < 1.29 is 38.0 Å². The van der Waals surface area contributed by atoms with E-state index >= 15 is 0 Å². The number of nitrogens with one attached hydrogen (secondary N) is 4. The van der Waals surface area contributed by atoms with Crippen molar-refractivity contribution in [2.24, 2.45) is 0 Å². The van der Waals surface area contributed by atoms with Crippen LogP contribution in [0.2, 0.25) is 0 Å². The Morgan fingerprint density at radius 3 is 2.57 bits per heavy atom. The third-order valence-electron chi connectivity index (χ3n) is 5.65. The molecule has 3 rings (SSSR count). The van der Waals surface area contributed by atoms with Gasteiger partial charge in [-0.3, -0.25) is 15.0 Å². The van der Waals surface area contributed by atoms with E-state index in [0.29, 0.717) is 41.9 Å². The number of carbonyl (C=O) groups excluding carboxylic acids is 3. The molecule has 1 aliphatic carbocycles. The van der Waals surface area contributed by atoms with E-state index in [4.69, 9.17) is 19.9 Å². The minimum absolute atomic E-state index is 0.0543. The van der Waals surface area contributed by atoms with E-state index in [2.05, 4.69) is 20.1 Å². The Bertz CT molecular complexity index is 1250. The molecular formula is C23H30N5O8P. The first-order chi connectivity index (χ1) is 17.4. The fourth-order valence-electron chi connectivity index (χ4n) is 3.49. The van der Waals surface area contributed by atoms with Crippen LogP contribution in [0, 0.1) is 19.3 Å². The topological polar surface area (TPSA) is 194 Å². The molecule has 200 valence electrons. The molecule has 0 saturated heterocycles. The summed E-state index contributed by atoms with van der Waals surface area (Å²) in [5, 5.41) is 14.3. The highest BCUT2D eigenvalue weighted by Crippen LogP contribution is 2.36. The van der Waals surface area contributed by atoms with E-state index in [0.717, 1.165) is 16.9 Å². The maximum absolute atomic E-state index is 13.2. The number of imide groups is 1. The van der Waals surface area contributed by atoms with Crippen molar-refractivity contribution in [3.8, 4) is 0 Å². The quantitative estimate of drug-likeness (QED) is 0.115. The van der Waals surface area contributed by atoms with Gasteiger partial charge in [0.2, 0.25) is 6.79 Å². The number of benzene rings is 1. The molecule has 0 atom stereocenters. The van der Waals surface area contributed by atoms with Crippen molar-refractivity contribution in [3.05, 3.63) is 52.3 Å². The number of ether oxygens (including phenoxy) is 1. The molecule has 0 unspecified atom stereocenters. The number of anilines is 1. The molecule has 0 radical (unpaired) electrons. The molecule has 1 aromatic heterocycles. The Morgan fingerprint density at radius 1 is 1.24 bits per heavy atom. The smallest absolute Gasteiger partial charge is 0.421 e. The van der Waals surface area contributed by atoms with Crippen LogP contribution in [0.3, 0.4) is 0 Å². The molecule has 13 nitrogen and oxygen atoms in total. The molecular weight excluding hydrogens is 505 g/mol. The highest BCUT2D eigenvalue weighted by Gasteiger charge is 2.40. The lowest BCUT2D eigenvalue weighted by atomic mass is 10.1. The number of rotatable bonds is 10. The van der Waals surface area contributed by atoms with Gasteiger partial charge < -0.3 is 30.1 Å². The lowest BCUT2D eigenvalue weighted by Gasteiger charge is -2.20. The lowest BCUT2D eigenvalue weighted by Crippen LogP contribution is -2.39. The van der Waals surface area contributed by atoms with Crippen molar-refractivity contribution >= 4 is 37.3 Å². The van der Waals surface area contributed by atoms with E-state index < -0.39 is 32.7 Å². The second kappa shape index (κ2) is 11.7. The number of aryl methyl sites for hydroxylation is 1. The number of phosphoric ester groups is 1. The van der Waals surface area contributed by atoms with Gasteiger partial charge in [0, 0.05) is 30.0 Å². The Morgan fingerprint density at radius 2 is 1.95 bits per heavy atom. The molecule has 0 bridgehead atoms. The van der Waals surface area contributed by atoms with Crippen molar-refractivity contribution in [1.82, 2.24) is 15.2 Å². The van der Waals surface area contributed by atoms with Gasteiger partial charge in [0.15, 0.2) is 0 Å². The van der Waals surface area contributed by atoms with Gasteiger partial charge in [-0.25, -0.2) is 18.8 Å². The number of hydrogen-bond acceptors (Lipinski definition) is 7. The first kappa shape index (κ1) is 28.1. The third-order valence-corrected chi connectivity index (χ3v) is 6.09. The molecule has 1 fully saturated rings. The van der Waals surface area contributed by atoms with Gasteiger partial charge in [-0.1, -0.05) is 13.0 Å². The van der Waals surface area contributed by atoms with Crippen LogP contribution < -0.4 is 10.6 Å². The second-order valence-corrected chi connectivity index (χ2v) is 9.78. The maximum atomic E-state index is 13.2. The Kier molecular flexibility index (Phi) is 8.87. The van der Waals surface area contributed by atoms with E-state index in [1.54, 1.807) is 25.1 Å². The molecule has 1 heterocycles. The van der Waals surface area contributed by atoms with Crippen molar-refractivity contribution in [3.63, 3.8) is 0 Å². The number of nitrogens with zero attached hydrogens (tertiary/aromatic N) is 1. The van der Waals surface area contributed by atoms with Crippen LogP contribution in [0.25, 0.3) is 0 Å². The number of amides is 3. The van der Waals surface area contributed by atoms with Gasteiger partial charge in [0.1, 0.15) is 5.84 Å². The van der Waals surface area contributed by atoms with Gasteiger partial charge in [-0.05, 0) is 56.4 Å². The van der Waals surface area contributed by atoms with E-state index in [-0.39, 0.29) is 17.3 Å². The Labute approximate surface area is 213 Å². The van der Waals surface area contributed by atoms with Crippen LogP contribution in [-0.2, 0) is 13.8 Å². The number of carbonyl (C=O) groups is 3. The summed E-state index contributed by atoms with van der Waals surface area (Å²) in [4.78, 5) is 59.2. The third kappa shape index (κ3) is 7.26. The predicted octanol–water partition coefficient (Wildman–Crippen LogP) is 3.02. The van der Waals surface area contributed by atoms with Crippen LogP contribution in [0.4, 0.5) is 10.5 Å². The van der Waals surface area contributed by atoms with E-state index in [9.17, 15) is 18.9 Å². The van der Waals surface area contributed by atoms with Crippen LogP contribution >= 0.6 is 7.82 Å². The second-order valence-electron chi connectivity index (χ2n) is 8.54. The summed E-state index contributed by atoms with van der Waals surface area (Å²) in [6, 6.07) is 4.70. The standard InChI is InChI=1S/C23H30N5O8P/c1-4-9-25-21(29)15-6-5-13(2)18(10-15)27-20(24)19-14(3)17(11-26-19)22(30)28(16-7-8-16)23(31)35-12-36-37(32,33)34/h5-6,10-11,16,26H,4,7-9,12H2,1-3H3,(H2,24,27)(H,25,29)(H2,32,33,34). The first-order valence-electron chi connectivity index (χ1n) is 11.6. The van der Waals surface area contributed by atoms with Gasteiger partial charge in [-0.2, -0.15) is 0 Å². The van der Waals surface area contributed by atoms with Gasteiger partial charge in [0.25, 0.3) is 11.8 Å². The summed E-state index contributed by atoms with van der Waals surface area (Å²) in [6.45, 7) is 4.93. The first-order valence-corrected chi connectivity index (χ1v) is 13.1. The SMILES string of the molecule is CCCNC(=O)c1ccc(C)c(NC(=N)c2[nH]cc(C(=O)N(C(=O)OCOP(=O)(O)O)C3CC3)c2C)c1. The zero-order chi connectivity index (χ0) is 27.3. The highest BCUT2D eigenvalue weighted by atomic mass is 31.2. The minimum Gasteiger partial charge on any atom is -0.421 e. The average molecular weight is 535 g/mol. The minimum atomic E-state index is -4.84. The van der Waals surface area contributed by atoms with Crippen LogP contribution in [0.15, 0.2) is 24.4 Å². The summed E-state index contributed by atoms with van der Waals surface area (Å²) in [5.74, 6) is -0.956. The average Bonchev–Trinajstić information content (AvgIpc) is 3.58. The van der Waals surface area contributed by atoms with Crippen molar-refractivity contribution in [1.29, 1.82) is 5.41 Å². The molecule has 37 heavy (non-hydrogen) atoms. The van der Waals surface area contributed by atoms with Crippen molar-refractivity contribution in [2.75, 3.05) is 18.7 Å². The summed E-state index contributed by atoms with van der Waals surface area (Å²) in [6.07, 6.45) is 2.21. The molecule has 6 N–H and O–H groups in total. The zero-order valence-electron chi connectivity index (χ0n) is 20.7. The molecule has 3 amide bonds. The molecule has 0 spiro atoms. The van der Waals surface area contributed by atoms with Gasteiger partial charge in [-0.15, -0.1) is 0 Å². The molecule has 2 aromatic rings. The van der Waals surface area contributed by atoms with Gasteiger partial charge in [0.05, 0.1) is 11.3 Å². The number of amidine groups is 1. The summed E-state index contributed by atoms with van der Waals surface area (Å²) >= 11 is 0. The monoisotopic (exact) mass is 535 g/mol. The van der Waals surface area contributed by atoms with Crippen LogP contribution in [0.5, 0.6) is 0 Å². The number of aromatic nitrogens is 1. The molecule has 1 aromatic carbocycles. The molecule has 14 heteroatoms. The number of phosphoric acid groups is 1. The maximum Gasteiger partial charge on any atom is 0.472 e. The summed E-state index contributed by atoms with van der Waals surface area (Å²) < 4.78 is 19.6. The molecule has 0 aliphatic heterocycles. The summed E-state index contributed by atoms with van der Waals surface area (Å²) in [5.41, 5.74) is 2.63. The van der Waals surface area contributed by atoms with Crippen molar-refractivity contribution in [2.45, 2.75) is 46.1 Å². The van der Waals surface area contributed by atoms with Crippen LogP contribution in [-0.4, -0.2) is 62.8 Å². The normalized spacial score (nSPS) is 13.1.